The van der Waals surface area contributed by atoms with Crippen LogP contribution in [0.5, 0.6) is 0 Å². The van der Waals surface area contributed by atoms with Gasteiger partial charge in [-0.2, -0.15) is 0 Å². The molecule has 1 aliphatic heterocycles. The molecule has 1 aliphatic carbocycles. The Hall–Kier alpha value is -2.03. The third-order valence-electron chi connectivity index (χ3n) is 6.13. The first kappa shape index (κ1) is 18.0. The van der Waals surface area contributed by atoms with Gasteiger partial charge in [0.25, 0.3) is 0 Å². The molecule has 2 aliphatic rings. The van der Waals surface area contributed by atoms with Crippen molar-refractivity contribution in [3.05, 3.63) is 36.2 Å². The molecule has 8 heteroatoms. The second-order valence-corrected chi connectivity index (χ2v) is 8.83. The summed E-state index contributed by atoms with van der Waals surface area (Å²) in [6, 6.07) is 8.60. The number of rotatable bonds is 5. The Morgan fingerprint density at radius 3 is 2.75 bits per heavy atom. The van der Waals surface area contributed by atoms with E-state index in [1.54, 1.807) is 18.4 Å². The highest BCUT2D eigenvalue weighted by atomic mass is 32.1. The van der Waals surface area contributed by atoms with Crippen molar-refractivity contribution in [1.29, 1.82) is 0 Å². The lowest BCUT2D eigenvalue weighted by Crippen LogP contribution is -2.37. The number of benzene rings is 1. The molecular formula is C20H25N5O2S. The molecule has 1 aromatic carbocycles. The van der Waals surface area contributed by atoms with Gasteiger partial charge in [-0.3, -0.25) is 0 Å². The monoisotopic (exact) mass is 399 g/mol. The van der Waals surface area contributed by atoms with Crippen LogP contribution in [0.2, 0.25) is 0 Å². The highest BCUT2D eigenvalue weighted by Gasteiger charge is 2.44. The van der Waals surface area contributed by atoms with Gasteiger partial charge in [-0.15, -0.1) is 5.10 Å². The number of ether oxygens (including phenoxy) is 2. The van der Waals surface area contributed by atoms with Crippen molar-refractivity contribution in [2.24, 2.45) is 11.8 Å². The lowest BCUT2D eigenvalue weighted by molar-refractivity contribution is -0.00544. The molecule has 28 heavy (non-hydrogen) atoms. The molecule has 1 saturated heterocycles. The summed E-state index contributed by atoms with van der Waals surface area (Å²) in [5.74, 6) is 1.26. The zero-order valence-corrected chi connectivity index (χ0v) is 17.0. The van der Waals surface area contributed by atoms with E-state index < -0.39 is 0 Å². The molecule has 0 N–H and O–H groups in total. The van der Waals surface area contributed by atoms with E-state index in [-0.39, 0.29) is 12.1 Å². The van der Waals surface area contributed by atoms with Crippen molar-refractivity contribution in [3.8, 4) is 0 Å². The standard InChI is InChI=1S/C20H25N5O2S/c1-26-12-15-11-25(23-22-15)17-7-13-9-24(10-14(13)8-18(17)27-2)20-21-16-5-3-4-6-19(16)28-20/h3-6,11,13-14,17-18H,7-10,12H2,1-2H3/t13-,14+,17-,18-/m1/s1. The van der Waals surface area contributed by atoms with Crippen LogP contribution < -0.4 is 4.90 Å². The van der Waals surface area contributed by atoms with E-state index >= 15 is 0 Å². The second kappa shape index (κ2) is 7.42. The molecule has 1 saturated carbocycles. The van der Waals surface area contributed by atoms with Gasteiger partial charge in [0.1, 0.15) is 5.69 Å². The molecule has 0 spiro atoms. The molecule has 0 bridgehead atoms. The fourth-order valence-corrected chi connectivity index (χ4v) is 5.75. The van der Waals surface area contributed by atoms with E-state index in [2.05, 4.69) is 39.5 Å². The van der Waals surface area contributed by atoms with Gasteiger partial charge >= 0.3 is 0 Å². The van der Waals surface area contributed by atoms with Crippen LogP contribution in [0.1, 0.15) is 24.6 Å². The van der Waals surface area contributed by atoms with E-state index in [1.807, 2.05) is 18.0 Å². The van der Waals surface area contributed by atoms with Gasteiger partial charge in [0.2, 0.25) is 0 Å². The average Bonchev–Trinajstić information content (AvgIpc) is 3.43. The van der Waals surface area contributed by atoms with Crippen LogP contribution in [-0.2, 0) is 16.1 Å². The molecule has 2 fully saturated rings. The maximum atomic E-state index is 5.87. The molecule has 0 radical (unpaired) electrons. The third kappa shape index (κ3) is 3.19. The Kier molecular flexibility index (Phi) is 4.78. The van der Waals surface area contributed by atoms with Crippen LogP contribution >= 0.6 is 11.3 Å². The van der Waals surface area contributed by atoms with Crippen molar-refractivity contribution in [2.45, 2.75) is 31.6 Å². The van der Waals surface area contributed by atoms with Gasteiger partial charge in [0.05, 0.1) is 35.2 Å². The van der Waals surface area contributed by atoms with Gasteiger partial charge in [0.15, 0.2) is 5.13 Å². The zero-order chi connectivity index (χ0) is 19.1. The summed E-state index contributed by atoms with van der Waals surface area (Å²) in [7, 11) is 3.49. The number of nitrogens with zero attached hydrogens (tertiary/aromatic N) is 5. The number of fused-ring (bicyclic) bond motifs is 2. The normalized spacial score (nSPS) is 27.4. The summed E-state index contributed by atoms with van der Waals surface area (Å²) in [5, 5.41) is 9.74. The van der Waals surface area contributed by atoms with Crippen molar-refractivity contribution in [2.75, 3.05) is 32.2 Å². The largest absolute Gasteiger partial charge is 0.379 e. The summed E-state index contributed by atoms with van der Waals surface area (Å²) >= 11 is 1.79. The minimum Gasteiger partial charge on any atom is -0.379 e. The van der Waals surface area contributed by atoms with Crippen LogP contribution in [0.3, 0.4) is 0 Å². The molecule has 148 valence electrons. The quantitative estimate of drug-likeness (QED) is 0.657. The van der Waals surface area contributed by atoms with Crippen molar-refractivity contribution in [3.63, 3.8) is 0 Å². The maximum absolute atomic E-state index is 5.87. The predicted molar refractivity (Wildman–Crippen MR) is 109 cm³/mol. The predicted octanol–water partition coefficient (Wildman–Crippen LogP) is 3.14. The van der Waals surface area contributed by atoms with Crippen molar-refractivity contribution < 1.29 is 9.47 Å². The topological polar surface area (TPSA) is 65.3 Å². The van der Waals surface area contributed by atoms with Crippen LogP contribution in [-0.4, -0.2) is 53.4 Å². The fraction of sp³-hybridized carbons (Fsp3) is 0.550. The Morgan fingerprint density at radius 2 is 1.96 bits per heavy atom. The molecule has 7 nitrogen and oxygen atoms in total. The summed E-state index contributed by atoms with van der Waals surface area (Å²) in [6.07, 6.45) is 4.27. The highest BCUT2D eigenvalue weighted by molar-refractivity contribution is 7.22. The van der Waals surface area contributed by atoms with Crippen LogP contribution in [0.4, 0.5) is 5.13 Å². The van der Waals surface area contributed by atoms with Gasteiger partial charge in [-0.05, 0) is 36.8 Å². The van der Waals surface area contributed by atoms with E-state index in [9.17, 15) is 0 Å². The average molecular weight is 400 g/mol. The van der Waals surface area contributed by atoms with Crippen molar-refractivity contribution >= 4 is 26.7 Å². The minimum atomic E-state index is 0.161. The Balaban J connectivity index is 1.35. The summed E-state index contributed by atoms with van der Waals surface area (Å²) in [5.41, 5.74) is 1.96. The Labute approximate surface area is 168 Å². The van der Waals surface area contributed by atoms with E-state index in [1.165, 1.54) is 4.70 Å². The van der Waals surface area contributed by atoms with Crippen LogP contribution in [0.25, 0.3) is 10.2 Å². The molecule has 0 amide bonds. The van der Waals surface area contributed by atoms with E-state index in [0.29, 0.717) is 18.4 Å². The molecule has 4 atom stereocenters. The lowest BCUT2D eigenvalue weighted by Gasteiger charge is -2.36. The van der Waals surface area contributed by atoms with E-state index in [4.69, 9.17) is 14.5 Å². The molecule has 5 rings (SSSR count). The van der Waals surface area contributed by atoms with Crippen LogP contribution in [0.15, 0.2) is 30.5 Å². The first-order chi connectivity index (χ1) is 13.7. The van der Waals surface area contributed by atoms with Gasteiger partial charge in [-0.1, -0.05) is 28.7 Å². The van der Waals surface area contributed by atoms with E-state index in [0.717, 1.165) is 42.3 Å². The third-order valence-corrected chi connectivity index (χ3v) is 7.23. The summed E-state index contributed by atoms with van der Waals surface area (Å²) < 4.78 is 14.3. The lowest BCUT2D eigenvalue weighted by atomic mass is 9.77. The smallest absolute Gasteiger partial charge is 0.186 e. The molecular weight excluding hydrogens is 374 g/mol. The highest BCUT2D eigenvalue weighted by Crippen LogP contribution is 2.44. The Bertz CT molecular complexity index is 924. The first-order valence-corrected chi connectivity index (χ1v) is 10.6. The van der Waals surface area contributed by atoms with Gasteiger partial charge in [0, 0.05) is 27.3 Å². The number of anilines is 1. The molecule has 0 unspecified atom stereocenters. The van der Waals surface area contributed by atoms with Gasteiger partial charge in [-0.25, -0.2) is 9.67 Å². The first-order valence-electron chi connectivity index (χ1n) is 9.78. The number of aromatic nitrogens is 4. The Morgan fingerprint density at radius 1 is 1.14 bits per heavy atom. The summed E-state index contributed by atoms with van der Waals surface area (Å²) in [4.78, 5) is 7.33. The fourth-order valence-electron chi connectivity index (χ4n) is 4.76. The van der Waals surface area contributed by atoms with Gasteiger partial charge < -0.3 is 14.4 Å². The maximum Gasteiger partial charge on any atom is 0.186 e. The molecule has 3 heterocycles. The molecule has 3 aromatic rings. The SMILES string of the molecule is COCc1cn([C@@H]2C[C@@H]3CN(c4nc5ccccc5s4)C[C@@H]3C[C@H]2OC)nn1. The second-order valence-electron chi connectivity index (χ2n) is 7.83. The summed E-state index contributed by atoms with van der Waals surface area (Å²) in [6.45, 7) is 2.60. The number of para-hydroxylation sites is 1. The minimum absolute atomic E-state index is 0.161. The zero-order valence-electron chi connectivity index (χ0n) is 16.2. The van der Waals surface area contributed by atoms with Crippen molar-refractivity contribution in [1.82, 2.24) is 20.0 Å². The number of hydrogen-bond donors (Lipinski definition) is 0. The number of thiazole rings is 1. The van der Waals surface area contributed by atoms with Crippen LogP contribution in [0, 0.1) is 11.8 Å². The molecule has 2 aromatic heterocycles. The number of hydrogen-bond acceptors (Lipinski definition) is 7. The number of methoxy groups -OCH3 is 2.